The van der Waals surface area contributed by atoms with Crippen LogP contribution in [0.15, 0.2) is 18.2 Å². The maximum Gasteiger partial charge on any atom is 0.324 e. The Morgan fingerprint density at radius 3 is 2.83 bits per heavy atom. The number of halogens is 2. The fourth-order valence-electron chi connectivity index (χ4n) is 1.49. The van der Waals surface area contributed by atoms with Crippen LogP contribution < -0.4 is 10.1 Å². The molecule has 0 radical (unpaired) electrons. The van der Waals surface area contributed by atoms with Crippen molar-refractivity contribution in [3.63, 3.8) is 0 Å². The van der Waals surface area contributed by atoms with E-state index in [4.69, 9.17) is 9.84 Å². The van der Waals surface area contributed by atoms with Crippen molar-refractivity contribution < 1.29 is 23.4 Å². The van der Waals surface area contributed by atoms with E-state index in [1.54, 1.807) is 0 Å². The number of hydrogen-bond donors (Lipinski definition) is 2. The summed E-state index contributed by atoms with van der Waals surface area (Å²) in [5, 5.41) is 11.8. The van der Waals surface area contributed by atoms with E-state index in [0.29, 0.717) is 0 Å². The predicted octanol–water partition coefficient (Wildman–Crippen LogP) is 1.55. The Morgan fingerprint density at radius 2 is 2.22 bits per heavy atom. The van der Waals surface area contributed by atoms with Crippen LogP contribution in [0.5, 0.6) is 5.75 Å². The molecule has 0 bridgehead atoms. The summed E-state index contributed by atoms with van der Waals surface area (Å²) in [6, 6.07) is 2.80. The van der Waals surface area contributed by atoms with Crippen molar-refractivity contribution in [1.82, 2.24) is 5.32 Å². The average molecular weight is 257 g/mol. The lowest BCUT2D eigenvalue weighted by atomic mass is 10.3. The van der Waals surface area contributed by atoms with Gasteiger partial charge in [-0.25, -0.2) is 4.39 Å². The number of nitrogens with one attached hydrogen (secondary N) is 1. The molecule has 1 aromatic carbocycles. The average Bonchev–Trinajstić information content (AvgIpc) is 3.13. The largest absolute Gasteiger partial charge is 0.488 e. The van der Waals surface area contributed by atoms with E-state index in [2.05, 4.69) is 5.32 Å². The van der Waals surface area contributed by atoms with Crippen LogP contribution in [0.3, 0.4) is 0 Å². The fraction of sp³-hybridized carbons (Fsp3) is 0.417. The summed E-state index contributed by atoms with van der Waals surface area (Å²) in [7, 11) is 0. The van der Waals surface area contributed by atoms with Crippen molar-refractivity contribution in [1.29, 1.82) is 0 Å². The number of aliphatic carboxylic acids is 1. The molecule has 1 aliphatic carbocycles. The zero-order valence-electron chi connectivity index (χ0n) is 9.53. The summed E-state index contributed by atoms with van der Waals surface area (Å²) < 4.78 is 31.2. The first kappa shape index (κ1) is 12.8. The maximum absolute atomic E-state index is 13.3. The summed E-state index contributed by atoms with van der Waals surface area (Å²) in [4.78, 5) is 10.9. The van der Waals surface area contributed by atoms with Gasteiger partial charge in [-0.3, -0.25) is 10.1 Å². The Labute approximate surface area is 103 Å². The van der Waals surface area contributed by atoms with Gasteiger partial charge in [0.25, 0.3) is 0 Å². The van der Waals surface area contributed by atoms with Gasteiger partial charge in [0, 0.05) is 6.04 Å². The molecule has 1 saturated carbocycles. The molecule has 1 fully saturated rings. The minimum atomic E-state index is -1.10. The third-order valence-corrected chi connectivity index (χ3v) is 2.63. The summed E-state index contributed by atoms with van der Waals surface area (Å²) in [5.41, 5.74) is 0. The third kappa shape index (κ3) is 3.16. The molecule has 18 heavy (non-hydrogen) atoms. The van der Waals surface area contributed by atoms with Gasteiger partial charge in [-0.05, 0) is 25.0 Å². The minimum absolute atomic E-state index is 0.187. The molecule has 1 atom stereocenters. The first-order valence-electron chi connectivity index (χ1n) is 5.63. The lowest BCUT2D eigenvalue weighted by Crippen LogP contribution is -2.42. The minimum Gasteiger partial charge on any atom is -0.488 e. The van der Waals surface area contributed by atoms with E-state index in [1.165, 1.54) is 12.1 Å². The van der Waals surface area contributed by atoms with Crippen molar-refractivity contribution in [3.05, 3.63) is 29.8 Å². The number of ether oxygens (including phenoxy) is 1. The molecule has 98 valence electrons. The molecule has 1 unspecified atom stereocenters. The van der Waals surface area contributed by atoms with Crippen molar-refractivity contribution in [3.8, 4) is 5.75 Å². The normalized spacial score (nSPS) is 16.3. The third-order valence-electron chi connectivity index (χ3n) is 2.63. The van der Waals surface area contributed by atoms with Crippen LogP contribution in [0, 0.1) is 11.6 Å². The zero-order valence-corrected chi connectivity index (χ0v) is 9.53. The second-order valence-electron chi connectivity index (χ2n) is 4.19. The van der Waals surface area contributed by atoms with Crippen LogP contribution >= 0.6 is 0 Å². The number of rotatable bonds is 6. The lowest BCUT2D eigenvalue weighted by Gasteiger charge is -2.15. The molecule has 2 rings (SSSR count). The number of carboxylic acids is 1. The first-order chi connectivity index (χ1) is 8.58. The molecule has 1 aliphatic rings. The van der Waals surface area contributed by atoms with Gasteiger partial charge in [0.2, 0.25) is 5.82 Å². The maximum atomic E-state index is 13.3. The second-order valence-corrected chi connectivity index (χ2v) is 4.19. The molecule has 0 heterocycles. The van der Waals surface area contributed by atoms with E-state index < -0.39 is 23.6 Å². The number of carbonyl (C=O) groups is 1. The molecular weight excluding hydrogens is 244 g/mol. The fourth-order valence-corrected chi connectivity index (χ4v) is 1.49. The lowest BCUT2D eigenvalue weighted by molar-refractivity contribution is -0.140. The summed E-state index contributed by atoms with van der Waals surface area (Å²) in [5.74, 6) is -3.47. The number of carboxylic acid groups (broad SMARTS) is 1. The molecular formula is C12H13F2NO3. The van der Waals surface area contributed by atoms with E-state index >= 15 is 0 Å². The van der Waals surface area contributed by atoms with Gasteiger partial charge in [-0.1, -0.05) is 6.07 Å². The quantitative estimate of drug-likeness (QED) is 0.811. The Hall–Kier alpha value is -1.69. The van der Waals surface area contributed by atoms with Gasteiger partial charge in [-0.15, -0.1) is 0 Å². The SMILES string of the molecule is O=C(O)C(COc1cccc(F)c1F)NC1CC1. The van der Waals surface area contributed by atoms with E-state index in [9.17, 15) is 13.6 Å². The van der Waals surface area contributed by atoms with Gasteiger partial charge in [0.15, 0.2) is 11.6 Å². The van der Waals surface area contributed by atoms with Crippen LogP contribution in [-0.2, 0) is 4.79 Å². The standard InChI is InChI=1S/C12H13F2NO3/c13-8-2-1-3-10(11(8)14)18-6-9(12(16)17)15-7-4-5-7/h1-3,7,9,15H,4-6H2,(H,16,17). The summed E-state index contributed by atoms with van der Waals surface area (Å²) >= 11 is 0. The summed E-state index contributed by atoms with van der Waals surface area (Å²) in [6.45, 7) is -0.244. The van der Waals surface area contributed by atoms with Crippen LogP contribution in [-0.4, -0.2) is 29.8 Å². The van der Waals surface area contributed by atoms with E-state index in [1.807, 2.05) is 0 Å². The van der Waals surface area contributed by atoms with Gasteiger partial charge in [-0.2, -0.15) is 4.39 Å². The molecule has 4 nitrogen and oxygen atoms in total. The molecule has 0 aliphatic heterocycles. The first-order valence-corrected chi connectivity index (χ1v) is 5.63. The number of benzene rings is 1. The Kier molecular flexibility index (Phi) is 3.76. The van der Waals surface area contributed by atoms with E-state index in [-0.39, 0.29) is 18.4 Å². The highest BCUT2D eigenvalue weighted by molar-refractivity contribution is 5.73. The Balaban J connectivity index is 1.95. The topological polar surface area (TPSA) is 58.6 Å². The van der Waals surface area contributed by atoms with E-state index in [0.717, 1.165) is 18.9 Å². The highest BCUT2D eigenvalue weighted by atomic mass is 19.2. The molecule has 2 N–H and O–H groups in total. The van der Waals surface area contributed by atoms with Gasteiger partial charge >= 0.3 is 5.97 Å². The Morgan fingerprint density at radius 1 is 1.50 bits per heavy atom. The van der Waals surface area contributed by atoms with Crippen LogP contribution in [0.4, 0.5) is 8.78 Å². The van der Waals surface area contributed by atoms with Crippen LogP contribution in [0.25, 0.3) is 0 Å². The molecule has 1 aromatic rings. The summed E-state index contributed by atoms with van der Waals surface area (Å²) in [6.07, 6.45) is 1.86. The molecule has 0 aromatic heterocycles. The number of hydrogen-bond acceptors (Lipinski definition) is 3. The molecule has 0 amide bonds. The van der Waals surface area contributed by atoms with Crippen LogP contribution in [0.1, 0.15) is 12.8 Å². The molecule has 6 heteroatoms. The van der Waals surface area contributed by atoms with Crippen LogP contribution in [0.2, 0.25) is 0 Å². The van der Waals surface area contributed by atoms with Crippen molar-refractivity contribution in [2.75, 3.05) is 6.61 Å². The van der Waals surface area contributed by atoms with Crippen molar-refractivity contribution >= 4 is 5.97 Å². The van der Waals surface area contributed by atoms with Gasteiger partial charge in [0.05, 0.1) is 0 Å². The van der Waals surface area contributed by atoms with Gasteiger partial charge in [0.1, 0.15) is 12.6 Å². The highest BCUT2D eigenvalue weighted by Gasteiger charge is 2.28. The highest BCUT2D eigenvalue weighted by Crippen LogP contribution is 2.21. The molecule has 0 saturated heterocycles. The zero-order chi connectivity index (χ0) is 13.1. The van der Waals surface area contributed by atoms with Crippen molar-refractivity contribution in [2.45, 2.75) is 24.9 Å². The van der Waals surface area contributed by atoms with Gasteiger partial charge < -0.3 is 9.84 Å². The smallest absolute Gasteiger partial charge is 0.324 e. The van der Waals surface area contributed by atoms with Crippen molar-refractivity contribution in [2.24, 2.45) is 0 Å². The predicted molar refractivity (Wildman–Crippen MR) is 59.4 cm³/mol. The second kappa shape index (κ2) is 5.30. The molecule has 0 spiro atoms. The monoisotopic (exact) mass is 257 g/mol. The Bertz CT molecular complexity index is 449.